The van der Waals surface area contributed by atoms with Gasteiger partial charge in [0.15, 0.2) is 0 Å². The minimum absolute atomic E-state index is 0.00216. The van der Waals surface area contributed by atoms with Gasteiger partial charge in [-0.05, 0) is 29.8 Å². The van der Waals surface area contributed by atoms with E-state index >= 15 is 0 Å². The highest BCUT2D eigenvalue weighted by Gasteiger charge is 2.27. The molecule has 1 aliphatic rings. The number of para-hydroxylation sites is 1. The van der Waals surface area contributed by atoms with Crippen LogP contribution in [-0.2, 0) is 0 Å². The topological polar surface area (TPSA) is 120 Å². The molecule has 0 spiro atoms. The molecule has 0 radical (unpaired) electrons. The zero-order valence-corrected chi connectivity index (χ0v) is 17.4. The summed E-state index contributed by atoms with van der Waals surface area (Å²) < 4.78 is 14.1. The Balaban J connectivity index is 1.82. The molecule has 0 bridgehead atoms. The zero-order valence-electron chi connectivity index (χ0n) is 16.6. The lowest BCUT2D eigenvalue weighted by Gasteiger charge is -2.20. The normalized spacial score (nSPS) is 12.0. The van der Waals surface area contributed by atoms with Gasteiger partial charge < -0.3 is 16.4 Å². The maximum atomic E-state index is 14.1. The van der Waals surface area contributed by atoms with Gasteiger partial charge in [-0.15, -0.1) is 0 Å². The zero-order chi connectivity index (χ0) is 22.8. The second-order valence-electron chi connectivity index (χ2n) is 6.92. The van der Waals surface area contributed by atoms with Crippen molar-refractivity contribution >= 4 is 46.2 Å². The molecule has 10 heteroatoms. The van der Waals surface area contributed by atoms with Crippen LogP contribution in [0, 0.1) is 5.82 Å². The van der Waals surface area contributed by atoms with Gasteiger partial charge in [0.05, 0.1) is 16.9 Å². The van der Waals surface area contributed by atoms with Gasteiger partial charge in [-0.2, -0.15) is 0 Å². The summed E-state index contributed by atoms with van der Waals surface area (Å²) in [5.74, 6) is -1.27. The molecule has 0 aliphatic carbocycles. The summed E-state index contributed by atoms with van der Waals surface area (Å²) in [4.78, 5) is 24.2. The van der Waals surface area contributed by atoms with Crippen LogP contribution in [0.3, 0.4) is 0 Å². The van der Waals surface area contributed by atoms with Crippen LogP contribution in [0.25, 0.3) is 11.1 Å². The highest BCUT2D eigenvalue weighted by molar-refractivity contribution is 7.80. The molecule has 3 aromatic rings. The van der Waals surface area contributed by atoms with E-state index < -0.39 is 17.8 Å². The largest absolute Gasteiger partial charge is 0.364 e. The SMILES string of the molecule is NC(=O)NC(=S)c1c(-c2ccccc2NC(=O)c2ccccc2F)ccc2c1N(O)CN2. The molecule has 4 rings (SSSR count). The van der Waals surface area contributed by atoms with Gasteiger partial charge >= 0.3 is 6.03 Å². The first-order valence-corrected chi connectivity index (χ1v) is 9.91. The fourth-order valence-corrected chi connectivity index (χ4v) is 3.84. The summed E-state index contributed by atoms with van der Waals surface area (Å²) in [5.41, 5.74) is 7.91. The van der Waals surface area contributed by atoms with Gasteiger partial charge in [-0.1, -0.05) is 48.6 Å². The first-order valence-electron chi connectivity index (χ1n) is 9.50. The number of nitrogens with zero attached hydrogens (tertiary/aromatic N) is 1. The van der Waals surface area contributed by atoms with E-state index in [9.17, 15) is 19.2 Å². The van der Waals surface area contributed by atoms with Gasteiger partial charge in [0.2, 0.25) is 0 Å². The van der Waals surface area contributed by atoms with Crippen molar-refractivity contribution in [1.29, 1.82) is 0 Å². The minimum Gasteiger partial charge on any atom is -0.364 e. The van der Waals surface area contributed by atoms with Crippen molar-refractivity contribution in [3.63, 3.8) is 0 Å². The van der Waals surface area contributed by atoms with Crippen molar-refractivity contribution in [3.8, 4) is 11.1 Å². The van der Waals surface area contributed by atoms with E-state index in [2.05, 4.69) is 16.0 Å². The quantitative estimate of drug-likeness (QED) is 0.386. The molecule has 0 atom stereocenters. The maximum absolute atomic E-state index is 14.1. The third-order valence-corrected chi connectivity index (χ3v) is 5.21. The first-order chi connectivity index (χ1) is 15.4. The number of hydrogen-bond acceptors (Lipinski definition) is 6. The number of nitrogens with two attached hydrogens (primary N) is 1. The Morgan fingerprint density at radius 3 is 2.53 bits per heavy atom. The number of amides is 3. The number of anilines is 3. The molecular weight excluding hydrogens is 433 g/mol. The molecule has 3 aromatic carbocycles. The lowest BCUT2D eigenvalue weighted by molar-refractivity contribution is 0.102. The highest BCUT2D eigenvalue weighted by atomic mass is 32.1. The minimum atomic E-state index is -0.852. The van der Waals surface area contributed by atoms with E-state index in [0.717, 1.165) is 5.06 Å². The summed E-state index contributed by atoms with van der Waals surface area (Å²) in [5, 5.41) is 19.4. The van der Waals surface area contributed by atoms with Gasteiger partial charge in [-0.25, -0.2) is 14.2 Å². The number of rotatable bonds is 4. The Hall–Kier alpha value is -4.02. The third kappa shape index (κ3) is 3.96. The van der Waals surface area contributed by atoms with Crippen LogP contribution < -0.4 is 26.7 Å². The molecule has 6 N–H and O–H groups in total. The van der Waals surface area contributed by atoms with Crippen LogP contribution in [0.4, 0.5) is 26.2 Å². The molecule has 162 valence electrons. The van der Waals surface area contributed by atoms with Crippen LogP contribution in [0.5, 0.6) is 0 Å². The molecule has 0 fully saturated rings. The summed E-state index contributed by atoms with van der Waals surface area (Å²) in [7, 11) is 0. The van der Waals surface area contributed by atoms with Crippen molar-refractivity contribution in [3.05, 3.63) is 77.6 Å². The second-order valence-corrected chi connectivity index (χ2v) is 7.32. The van der Waals surface area contributed by atoms with Crippen molar-refractivity contribution in [2.45, 2.75) is 0 Å². The summed E-state index contributed by atoms with van der Waals surface area (Å²) >= 11 is 5.39. The number of hydroxylamine groups is 1. The Morgan fingerprint density at radius 2 is 1.78 bits per heavy atom. The van der Waals surface area contributed by atoms with Crippen molar-refractivity contribution in [1.82, 2.24) is 5.32 Å². The molecule has 0 unspecified atom stereocenters. The van der Waals surface area contributed by atoms with Gasteiger partial charge in [0.25, 0.3) is 5.91 Å². The van der Waals surface area contributed by atoms with Gasteiger partial charge in [0.1, 0.15) is 17.5 Å². The lowest BCUT2D eigenvalue weighted by Crippen LogP contribution is -2.35. The molecule has 1 aliphatic heterocycles. The molecular formula is C22H18FN5O3S. The number of thiocarbonyl (C=S) groups is 1. The van der Waals surface area contributed by atoms with Crippen LogP contribution >= 0.6 is 12.2 Å². The summed E-state index contributed by atoms with van der Waals surface area (Å²) in [6, 6.07) is 15.1. The number of fused-ring (bicyclic) bond motifs is 1. The van der Waals surface area contributed by atoms with E-state index in [1.807, 2.05) is 0 Å². The Labute approximate surface area is 187 Å². The lowest BCUT2D eigenvalue weighted by atomic mass is 9.95. The predicted octanol–water partition coefficient (Wildman–Crippen LogP) is 3.67. The van der Waals surface area contributed by atoms with Gasteiger partial charge in [0, 0.05) is 16.8 Å². The monoisotopic (exact) mass is 451 g/mol. The van der Waals surface area contributed by atoms with E-state index in [1.54, 1.807) is 42.5 Å². The molecule has 1 heterocycles. The molecule has 0 saturated heterocycles. The standard InChI is InChI=1S/C22H18FN5O3S/c23-15-7-3-1-6-14(15)20(29)26-16-8-4-2-5-12(16)13-9-10-17-19(28(31)11-25-17)18(13)21(32)27-22(24)30/h1-10,25,31H,11H2,(H,26,29)(H3,24,27,30,32). The van der Waals surface area contributed by atoms with Crippen LogP contribution in [0.2, 0.25) is 0 Å². The third-order valence-electron chi connectivity index (χ3n) is 4.90. The average molecular weight is 451 g/mol. The fraction of sp³-hybridized carbons (Fsp3) is 0.0455. The van der Waals surface area contributed by atoms with E-state index in [1.165, 1.54) is 18.2 Å². The summed E-state index contributed by atoms with van der Waals surface area (Å²) in [6.07, 6.45) is 0. The average Bonchev–Trinajstić information content (AvgIpc) is 3.14. The van der Waals surface area contributed by atoms with Crippen molar-refractivity contribution in [2.24, 2.45) is 5.73 Å². The van der Waals surface area contributed by atoms with Crippen LogP contribution in [0.15, 0.2) is 60.7 Å². The number of benzene rings is 3. The Kier molecular flexibility index (Phi) is 5.71. The number of urea groups is 1. The highest BCUT2D eigenvalue weighted by Crippen LogP contribution is 2.42. The molecule has 32 heavy (non-hydrogen) atoms. The van der Waals surface area contributed by atoms with Crippen LogP contribution in [0.1, 0.15) is 15.9 Å². The number of hydrogen-bond donors (Lipinski definition) is 5. The van der Waals surface area contributed by atoms with Crippen molar-refractivity contribution in [2.75, 3.05) is 22.4 Å². The maximum Gasteiger partial charge on any atom is 0.317 e. The summed E-state index contributed by atoms with van der Waals surface area (Å²) in [6.45, 7) is 0.122. The van der Waals surface area contributed by atoms with Crippen LogP contribution in [-0.4, -0.2) is 28.8 Å². The van der Waals surface area contributed by atoms with E-state index in [0.29, 0.717) is 33.8 Å². The predicted molar refractivity (Wildman–Crippen MR) is 123 cm³/mol. The number of carbonyl (C=O) groups excluding carboxylic acids is 2. The number of halogens is 1. The van der Waals surface area contributed by atoms with E-state index in [4.69, 9.17) is 18.0 Å². The number of carbonyl (C=O) groups is 2. The first kappa shape index (κ1) is 21.2. The van der Waals surface area contributed by atoms with Crippen molar-refractivity contribution < 1.29 is 19.2 Å². The fourth-order valence-electron chi connectivity index (χ4n) is 3.53. The van der Waals surface area contributed by atoms with Gasteiger partial charge in [-0.3, -0.25) is 15.3 Å². The van der Waals surface area contributed by atoms with E-state index in [-0.39, 0.29) is 17.2 Å². The Bertz CT molecular complexity index is 1250. The smallest absolute Gasteiger partial charge is 0.317 e. The Morgan fingerprint density at radius 1 is 1.06 bits per heavy atom. The molecule has 8 nitrogen and oxygen atoms in total. The second kappa shape index (κ2) is 8.61. The molecule has 0 saturated carbocycles. The molecule has 0 aromatic heterocycles. The number of primary amides is 1. The molecule has 3 amide bonds. The number of nitrogens with one attached hydrogen (secondary N) is 3.